The Morgan fingerprint density at radius 3 is 2.92 bits per heavy atom. The molecule has 2 aromatic rings. The van der Waals surface area contributed by atoms with Gasteiger partial charge >= 0.3 is 0 Å². The van der Waals surface area contributed by atoms with E-state index in [-0.39, 0.29) is 10.8 Å². The summed E-state index contributed by atoms with van der Waals surface area (Å²) in [6.45, 7) is 5.38. The normalized spacial score (nSPS) is 19.5. The maximum atomic E-state index is 13.5. The molecule has 1 aromatic heterocycles. The number of sulfonamides is 1. The molecule has 1 unspecified atom stereocenters. The highest BCUT2D eigenvalue weighted by atomic mass is 32.2. The standard InChI is InChI=1S/C17H22FN3O2S/c1-3-20-10-8-19-17(20)14-5-4-9-21(12-14)24(22,23)16-11-15(18)7-6-13(16)2/h6-8,10-11,14H,3-5,9,12H2,1-2H3. The van der Waals surface area contributed by atoms with E-state index in [1.54, 1.807) is 13.1 Å². The van der Waals surface area contributed by atoms with Crippen LogP contribution in [-0.2, 0) is 16.6 Å². The van der Waals surface area contributed by atoms with Gasteiger partial charge in [0.2, 0.25) is 10.0 Å². The molecule has 1 aliphatic rings. The minimum absolute atomic E-state index is 0.0574. The van der Waals surface area contributed by atoms with Gasteiger partial charge in [-0.3, -0.25) is 0 Å². The van der Waals surface area contributed by atoms with Gasteiger partial charge in [-0.05, 0) is 44.4 Å². The first-order valence-electron chi connectivity index (χ1n) is 8.20. The van der Waals surface area contributed by atoms with Gasteiger partial charge in [-0.1, -0.05) is 6.07 Å². The number of imidazole rings is 1. The molecule has 1 aliphatic heterocycles. The fourth-order valence-electron chi connectivity index (χ4n) is 3.31. The maximum absolute atomic E-state index is 13.5. The highest BCUT2D eigenvalue weighted by Crippen LogP contribution is 2.30. The van der Waals surface area contributed by atoms with Gasteiger partial charge in [0, 0.05) is 37.9 Å². The molecular formula is C17H22FN3O2S. The summed E-state index contributed by atoms with van der Waals surface area (Å²) in [5, 5.41) is 0. The van der Waals surface area contributed by atoms with E-state index < -0.39 is 15.8 Å². The predicted molar refractivity (Wildman–Crippen MR) is 89.8 cm³/mol. The second-order valence-electron chi connectivity index (χ2n) is 6.18. The summed E-state index contributed by atoms with van der Waals surface area (Å²) < 4.78 is 43.0. The molecule has 0 N–H and O–H groups in total. The Morgan fingerprint density at radius 2 is 2.17 bits per heavy atom. The molecule has 0 spiro atoms. The van der Waals surface area contributed by atoms with Crippen LogP contribution in [-0.4, -0.2) is 35.4 Å². The summed E-state index contributed by atoms with van der Waals surface area (Å²) in [7, 11) is -3.70. The lowest BCUT2D eigenvalue weighted by Gasteiger charge is -2.32. The Kier molecular flexibility index (Phi) is 4.73. The molecule has 3 rings (SSSR count). The third kappa shape index (κ3) is 3.10. The zero-order valence-corrected chi connectivity index (χ0v) is 14.8. The quantitative estimate of drug-likeness (QED) is 0.851. The van der Waals surface area contributed by atoms with Crippen molar-refractivity contribution in [3.63, 3.8) is 0 Å². The first-order valence-corrected chi connectivity index (χ1v) is 9.65. The maximum Gasteiger partial charge on any atom is 0.243 e. The number of hydrogen-bond donors (Lipinski definition) is 0. The number of piperidine rings is 1. The molecule has 1 fully saturated rings. The monoisotopic (exact) mass is 351 g/mol. The van der Waals surface area contributed by atoms with E-state index in [0.717, 1.165) is 31.3 Å². The minimum atomic E-state index is -3.70. The van der Waals surface area contributed by atoms with Crippen molar-refractivity contribution in [1.29, 1.82) is 0 Å². The van der Waals surface area contributed by atoms with Gasteiger partial charge in [0.25, 0.3) is 0 Å². The zero-order chi connectivity index (χ0) is 17.3. The molecule has 0 bridgehead atoms. The van der Waals surface area contributed by atoms with Gasteiger partial charge in [-0.2, -0.15) is 4.31 Å². The lowest BCUT2D eigenvalue weighted by atomic mass is 9.99. The number of nitrogens with zero attached hydrogens (tertiary/aromatic N) is 3. The van der Waals surface area contributed by atoms with Gasteiger partial charge in [-0.25, -0.2) is 17.8 Å². The molecule has 1 aromatic carbocycles. The van der Waals surface area contributed by atoms with Crippen LogP contribution in [0.5, 0.6) is 0 Å². The lowest BCUT2D eigenvalue weighted by molar-refractivity contribution is 0.305. The van der Waals surface area contributed by atoms with E-state index in [2.05, 4.69) is 4.98 Å². The Bertz CT molecular complexity index is 832. The van der Waals surface area contributed by atoms with E-state index in [9.17, 15) is 12.8 Å². The molecule has 7 heteroatoms. The number of rotatable bonds is 4. The number of aryl methyl sites for hydroxylation is 2. The fourth-order valence-corrected chi connectivity index (χ4v) is 5.07. The average molecular weight is 351 g/mol. The van der Waals surface area contributed by atoms with Crippen molar-refractivity contribution in [2.45, 2.75) is 44.0 Å². The third-order valence-corrected chi connectivity index (χ3v) is 6.61. The second kappa shape index (κ2) is 6.64. The lowest BCUT2D eigenvalue weighted by Crippen LogP contribution is -2.40. The summed E-state index contributed by atoms with van der Waals surface area (Å²) in [4.78, 5) is 4.47. The first kappa shape index (κ1) is 17.1. The number of halogens is 1. The molecule has 5 nitrogen and oxygen atoms in total. The van der Waals surface area contributed by atoms with Crippen molar-refractivity contribution in [3.8, 4) is 0 Å². The van der Waals surface area contributed by atoms with Crippen molar-refractivity contribution < 1.29 is 12.8 Å². The zero-order valence-electron chi connectivity index (χ0n) is 13.9. The third-order valence-electron chi connectivity index (χ3n) is 4.61. The van der Waals surface area contributed by atoms with Gasteiger partial charge in [0.1, 0.15) is 11.6 Å². The van der Waals surface area contributed by atoms with E-state index >= 15 is 0 Å². The number of hydrogen-bond acceptors (Lipinski definition) is 3. The first-order chi connectivity index (χ1) is 11.4. The van der Waals surface area contributed by atoms with Crippen LogP contribution in [0.3, 0.4) is 0 Å². The predicted octanol–water partition coefficient (Wildman–Crippen LogP) is 2.92. The summed E-state index contributed by atoms with van der Waals surface area (Å²) in [6, 6.07) is 3.90. The minimum Gasteiger partial charge on any atom is -0.335 e. The van der Waals surface area contributed by atoms with Crippen LogP contribution in [0.1, 0.15) is 37.1 Å². The average Bonchev–Trinajstić information content (AvgIpc) is 3.06. The largest absolute Gasteiger partial charge is 0.335 e. The molecule has 130 valence electrons. The summed E-state index contributed by atoms with van der Waals surface area (Å²) >= 11 is 0. The SMILES string of the molecule is CCn1ccnc1C1CCCN(S(=O)(=O)c2cc(F)ccc2C)C1. The molecule has 0 radical (unpaired) electrons. The van der Waals surface area contributed by atoms with E-state index in [4.69, 9.17) is 0 Å². The summed E-state index contributed by atoms with van der Waals surface area (Å²) in [6.07, 6.45) is 5.35. The Balaban J connectivity index is 1.90. The van der Waals surface area contributed by atoms with E-state index in [0.29, 0.717) is 18.7 Å². The van der Waals surface area contributed by atoms with Crippen molar-refractivity contribution in [2.24, 2.45) is 0 Å². The van der Waals surface area contributed by atoms with Gasteiger partial charge < -0.3 is 4.57 Å². The topological polar surface area (TPSA) is 55.2 Å². The highest BCUT2D eigenvalue weighted by molar-refractivity contribution is 7.89. The molecule has 1 atom stereocenters. The van der Waals surface area contributed by atoms with Crippen LogP contribution >= 0.6 is 0 Å². The van der Waals surface area contributed by atoms with Crippen LogP contribution < -0.4 is 0 Å². The van der Waals surface area contributed by atoms with Crippen LogP contribution in [0.15, 0.2) is 35.5 Å². The molecule has 0 saturated carbocycles. The van der Waals surface area contributed by atoms with Gasteiger partial charge in [-0.15, -0.1) is 0 Å². The Morgan fingerprint density at radius 1 is 1.38 bits per heavy atom. The number of aromatic nitrogens is 2. The molecular weight excluding hydrogens is 329 g/mol. The van der Waals surface area contributed by atoms with E-state index in [1.807, 2.05) is 17.7 Å². The Hall–Kier alpha value is -1.73. The molecule has 2 heterocycles. The van der Waals surface area contributed by atoms with Crippen molar-refractivity contribution in [1.82, 2.24) is 13.9 Å². The smallest absolute Gasteiger partial charge is 0.243 e. The van der Waals surface area contributed by atoms with Gasteiger partial charge in [0.05, 0.1) is 4.90 Å². The van der Waals surface area contributed by atoms with Crippen LogP contribution in [0, 0.1) is 12.7 Å². The van der Waals surface area contributed by atoms with Crippen molar-refractivity contribution >= 4 is 10.0 Å². The molecule has 0 amide bonds. The fraction of sp³-hybridized carbons (Fsp3) is 0.471. The van der Waals surface area contributed by atoms with Crippen LogP contribution in [0.2, 0.25) is 0 Å². The van der Waals surface area contributed by atoms with Crippen LogP contribution in [0.25, 0.3) is 0 Å². The number of benzene rings is 1. The highest BCUT2D eigenvalue weighted by Gasteiger charge is 2.33. The molecule has 1 saturated heterocycles. The summed E-state index contributed by atoms with van der Waals surface area (Å²) in [5.74, 6) is 0.458. The Labute approximate surface area is 142 Å². The van der Waals surface area contributed by atoms with E-state index in [1.165, 1.54) is 16.4 Å². The van der Waals surface area contributed by atoms with Crippen molar-refractivity contribution in [3.05, 3.63) is 47.8 Å². The van der Waals surface area contributed by atoms with Crippen molar-refractivity contribution in [2.75, 3.05) is 13.1 Å². The van der Waals surface area contributed by atoms with Gasteiger partial charge in [0.15, 0.2) is 0 Å². The van der Waals surface area contributed by atoms with Crippen LogP contribution in [0.4, 0.5) is 4.39 Å². The summed E-state index contributed by atoms with van der Waals surface area (Å²) in [5.41, 5.74) is 0.564. The molecule has 24 heavy (non-hydrogen) atoms. The molecule has 0 aliphatic carbocycles. The second-order valence-corrected chi connectivity index (χ2v) is 8.09.